The highest BCUT2D eigenvalue weighted by molar-refractivity contribution is 5.73. The van der Waals surface area contributed by atoms with Gasteiger partial charge in [-0.05, 0) is 42.0 Å². The molecule has 0 fully saturated rings. The van der Waals surface area contributed by atoms with Gasteiger partial charge in [-0.25, -0.2) is 23.1 Å². The quantitative estimate of drug-likeness (QED) is 0.566. The molecular weight excluding hydrogens is 368 g/mol. The maximum absolute atomic E-state index is 13.1. The van der Waals surface area contributed by atoms with Gasteiger partial charge in [0.05, 0.1) is 5.69 Å². The molecule has 0 aliphatic carbocycles. The van der Waals surface area contributed by atoms with Gasteiger partial charge < -0.3 is 5.32 Å². The summed E-state index contributed by atoms with van der Waals surface area (Å²) in [5, 5.41) is 3.05. The second-order valence-electron chi connectivity index (χ2n) is 5.98. The summed E-state index contributed by atoms with van der Waals surface area (Å²) in [5.74, 6) is -0.610. The summed E-state index contributed by atoms with van der Waals surface area (Å²) in [7, 11) is 0. The molecule has 0 aliphatic heterocycles. The smallest absolute Gasteiger partial charge is 0.334 e. The zero-order chi connectivity index (χ0) is 19.7. The first-order valence-corrected chi connectivity index (χ1v) is 8.27. The molecule has 0 unspecified atom stereocenters. The Hall–Kier alpha value is -3.88. The normalized spacial score (nSPS) is 10.9. The number of hydrogen-bond acceptors (Lipinski definition) is 5. The minimum Gasteiger partial charge on any atom is -0.350 e. The standard InChI is InChI=1S/C19H13F2N5O2/c20-12-3-1-11(2-4-12)9-22-18-23-10-15-16(24-18)25-19(28)26(17(15)27)14-7-5-13(21)6-8-14/h1-8,10H,9H2,(H2,22,23,24,25,28). The van der Waals surface area contributed by atoms with Crippen LogP contribution in [0, 0.1) is 11.6 Å². The zero-order valence-electron chi connectivity index (χ0n) is 14.3. The van der Waals surface area contributed by atoms with Crippen molar-refractivity contribution in [1.82, 2.24) is 19.5 Å². The summed E-state index contributed by atoms with van der Waals surface area (Å²) in [6.07, 6.45) is 1.30. The molecule has 0 spiro atoms. The molecule has 2 aromatic heterocycles. The van der Waals surface area contributed by atoms with Crippen LogP contribution in [0.15, 0.2) is 64.3 Å². The number of H-pyrrole nitrogens is 1. The van der Waals surface area contributed by atoms with E-state index in [1.807, 2.05) is 0 Å². The van der Waals surface area contributed by atoms with Crippen molar-refractivity contribution in [3.8, 4) is 5.69 Å². The maximum Gasteiger partial charge on any atom is 0.334 e. The van der Waals surface area contributed by atoms with Crippen molar-refractivity contribution in [2.24, 2.45) is 0 Å². The van der Waals surface area contributed by atoms with E-state index in [0.717, 1.165) is 22.3 Å². The summed E-state index contributed by atoms with van der Waals surface area (Å²) in [4.78, 5) is 35.8. The van der Waals surface area contributed by atoms with Gasteiger partial charge >= 0.3 is 5.69 Å². The van der Waals surface area contributed by atoms with E-state index in [-0.39, 0.29) is 28.5 Å². The molecule has 0 saturated heterocycles. The second-order valence-corrected chi connectivity index (χ2v) is 5.98. The topological polar surface area (TPSA) is 92.7 Å². The molecule has 2 aromatic carbocycles. The molecule has 0 amide bonds. The summed E-state index contributed by atoms with van der Waals surface area (Å²) in [6, 6.07) is 10.9. The lowest BCUT2D eigenvalue weighted by atomic mass is 10.2. The number of rotatable bonds is 4. The Bertz CT molecular complexity index is 1260. The van der Waals surface area contributed by atoms with Crippen LogP contribution in [0.1, 0.15) is 5.56 Å². The van der Waals surface area contributed by atoms with Crippen LogP contribution in [-0.2, 0) is 6.54 Å². The Labute approximate surface area is 156 Å². The number of nitrogens with zero attached hydrogens (tertiary/aromatic N) is 3. The molecule has 0 aliphatic rings. The molecule has 7 nitrogen and oxygen atoms in total. The number of hydrogen-bond donors (Lipinski definition) is 2. The van der Waals surface area contributed by atoms with E-state index in [1.165, 1.54) is 30.5 Å². The van der Waals surface area contributed by atoms with E-state index in [9.17, 15) is 18.4 Å². The largest absolute Gasteiger partial charge is 0.350 e. The van der Waals surface area contributed by atoms with Gasteiger partial charge in [0.2, 0.25) is 5.95 Å². The summed E-state index contributed by atoms with van der Waals surface area (Å²) >= 11 is 0. The molecule has 4 rings (SSSR count). The minimum absolute atomic E-state index is 0.0740. The van der Waals surface area contributed by atoms with Crippen molar-refractivity contribution < 1.29 is 8.78 Å². The molecule has 0 bridgehead atoms. The molecule has 140 valence electrons. The van der Waals surface area contributed by atoms with Crippen LogP contribution in [0.2, 0.25) is 0 Å². The van der Waals surface area contributed by atoms with Crippen LogP contribution in [0.3, 0.4) is 0 Å². The molecule has 0 saturated carbocycles. The molecular formula is C19H13F2N5O2. The number of aromatic nitrogens is 4. The van der Waals surface area contributed by atoms with Gasteiger partial charge in [0, 0.05) is 12.7 Å². The van der Waals surface area contributed by atoms with Crippen LogP contribution in [0.25, 0.3) is 16.7 Å². The Balaban J connectivity index is 1.68. The Morgan fingerprint density at radius 1 is 0.964 bits per heavy atom. The fraction of sp³-hybridized carbons (Fsp3) is 0.0526. The Morgan fingerprint density at radius 3 is 2.29 bits per heavy atom. The Morgan fingerprint density at radius 2 is 1.61 bits per heavy atom. The highest BCUT2D eigenvalue weighted by Crippen LogP contribution is 2.10. The van der Waals surface area contributed by atoms with Crippen molar-refractivity contribution >= 4 is 17.0 Å². The van der Waals surface area contributed by atoms with E-state index in [4.69, 9.17) is 0 Å². The van der Waals surface area contributed by atoms with E-state index in [2.05, 4.69) is 20.3 Å². The van der Waals surface area contributed by atoms with Crippen LogP contribution in [0.4, 0.5) is 14.7 Å². The van der Waals surface area contributed by atoms with Crippen molar-refractivity contribution in [2.45, 2.75) is 6.54 Å². The fourth-order valence-corrected chi connectivity index (χ4v) is 2.70. The van der Waals surface area contributed by atoms with Gasteiger partial charge in [-0.15, -0.1) is 0 Å². The van der Waals surface area contributed by atoms with Gasteiger partial charge in [-0.1, -0.05) is 12.1 Å². The lowest BCUT2D eigenvalue weighted by Crippen LogP contribution is -2.34. The van der Waals surface area contributed by atoms with Gasteiger partial charge in [0.25, 0.3) is 5.56 Å². The van der Waals surface area contributed by atoms with Gasteiger partial charge in [-0.2, -0.15) is 4.98 Å². The fourth-order valence-electron chi connectivity index (χ4n) is 2.70. The second kappa shape index (κ2) is 7.03. The van der Waals surface area contributed by atoms with Crippen molar-refractivity contribution in [1.29, 1.82) is 0 Å². The van der Waals surface area contributed by atoms with E-state index >= 15 is 0 Å². The van der Waals surface area contributed by atoms with E-state index in [0.29, 0.717) is 6.54 Å². The molecule has 2 heterocycles. The van der Waals surface area contributed by atoms with Crippen molar-refractivity contribution in [3.63, 3.8) is 0 Å². The van der Waals surface area contributed by atoms with E-state index < -0.39 is 17.1 Å². The average molecular weight is 381 g/mol. The van der Waals surface area contributed by atoms with Crippen LogP contribution in [-0.4, -0.2) is 19.5 Å². The van der Waals surface area contributed by atoms with Crippen LogP contribution in [0.5, 0.6) is 0 Å². The first kappa shape index (κ1) is 17.5. The SMILES string of the molecule is O=c1[nH]c2nc(NCc3ccc(F)cc3)ncc2c(=O)n1-c1ccc(F)cc1. The van der Waals surface area contributed by atoms with E-state index in [1.54, 1.807) is 12.1 Å². The third kappa shape index (κ3) is 3.37. The van der Waals surface area contributed by atoms with Crippen molar-refractivity contribution in [3.05, 3.63) is 92.8 Å². The molecule has 0 radical (unpaired) electrons. The minimum atomic E-state index is -0.702. The van der Waals surface area contributed by atoms with Gasteiger partial charge in [0.15, 0.2) is 5.65 Å². The number of halogens is 2. The highest BCUT2D eigenvalue weighted by Gasteiger charge is 2.12. The Kier molecular flexibility index (Phi) is 4.40. The molecule has 28 heavy (non-hydrogen) atoms. The van der Waals surface area contributed by atoms with Gasteiger partial charge in [0.1, 0.15) is 17.0 Å². The lowest BCUT2D eigenvalue weighted by Gasteiger charge is -2.08. The zero-order valence-corrected chi connectivity index (χ0v) is 14.3. The molecule has 0 atom stereocenters. The average Bonchev–Trinajstić information content (AvgIpc) is 2.69. The maximum atomic E-state index is 13.1. The third-order valence-electron chi connectivity index (χ3n) is 4.10. The number of anilines is 1. The number of benzene rings is 2. The molecule has 4 aromatic rings. The predicted molar refractivity (Wildman–Crippen MR) is 99.4 cm³/mol. The lowest BCUT2D eigenvalue weighted by molar-refractivity contribution is 0.626. The first-order chi connectivity index (χ1) is 13.5. The molecule has 2 N–H and O–H groups in total. The predicted octanol–water partition coefficient (Wildman–Crippen LogP) is 2.36. The number of aromatic amines is 1. The molecule has 9 heteroatoms. The summed E-state index contributed by atoms with van der Waals surface area (Å²) < 4.78 is 26.9. The number of fused-ring (bicyclic) bond motifs is 1. The van der Waals surface area contributed by atoms with Gasteiger partial charge in [-0.3, -0.25) is 9.78 Å². The van der Waals surface area contributed by atoms with Crippen LogP contribution < -0.4 is 16.6 Å². The number of nitrogens with one attached hydrogen (secondary N) is 2. The van der Waals surface area contributed by atoms with Crippen LogP contribution >= 0.6 is 0 Å². The first-order valence-electron chi connectivity index (χ1n) is 8.27. The summed E-state index contributed by atoms with van der Waals surface area (Å²) in [6.45, 7) is 0.336. The highest BCUT2D eigenvalue weighted by atomic mass is 19.1. The van der Waals surface area contributed by atoms with Crippen molar-refractivity contribution in [2.75, 3.05) is 5.32 Å². The summed E-state index contributed by atoms with van der Waals surface area (Å²) in [5.41, 5.74) is -0.203. The third-order valence-corrected chi connectivity index (χ3v) is 4.10. The monoisotopic (exact) mass is 381 g/mol.